The summed E-state index contributed by atoms with van der Waals surface area (Å²) in [5, 5.41) is 3.52. The molecule has 4 nitrogen and oxygen atoms in total. The predicted molar refractivity (Wildman–Crippen MR) is 65.7 cm³/mol. The molecule has 4 heteroatoms. The molecule has 3 atom stereocenters. The number of likely N-dealkylation sites (tertiary alicyclic amines) is 1. The monoisotopic (exact) mass is 227 g/mol. The summed E-state index contributed by atoms with van der Waals surface area (Å²) < 4.78 is 5.49. The van der Waals surface area contributed by atoms with E-state index in [1.54, 1.807) is 0 Å². The van der Waals surface area contributed by atoms with Crippen LogP contribution in [0.4, 0.5) is 0 Å². The van der Waals surface area contributed by atoms with Gasteiger partial charge in [-0.05, 0) is 20.0 Å². The number of rotatable bonds is 3. The van der Waals surface area contributed by atoms with E-state index < -0.39 is 0 Å². The van der Waals surface area contributed by atoms with Crippen molar-refractivity contribution in [2.45, 2.75) is 19.0 Å². The van der Waals surface area contributed by atoms with Crippen molar-refractivity contribution in [1.82, 2.24) is 15.1 Å². The van der Waals surface area contributed by atoms with E-state index in [-0.39, 0.29) is 0 Å². The van der Waals surface area contributed by atoms with Crippen LogP contribution in [-0.4, -0.2) is 75.4 Å². The number of nitrogens with one attached hydrogen (secondary N) is 1. The van der Waals surface area contributed by atoms with Gasteiger partial charge in [0.2, 0.25) is 0 Å². The molecule has 1 N–H and O–H groups in total. The van der Waals surface area contributed by atoms with Gasteiger partial charge >= 0.3 is 0 Å². The molecule has 0 aromatic heterocycles. The van der Waals surface area contributed by atoms with Gasteiger partial charge in [0, 0.05) is 38.3 Å². The number of hydrogen-bond acceptors (Lipinski definition) is 4. The molecule has 0 radical (unpaired) electrons. The SMILES string of the molecule is CC1CN(CC2COCCN2)CC1N(C)C. The zero-order valence-corrected chi connectivity index (χ0v) is 10.8. The fourth-order valence-corrected chi connectivity index (χ4v) is 2.92. The number of ether oxygens (including phenoxy) is 1. The molecule has 2 saturated heterocycles. The van der Waals surface area contributed by atoms with Gasteiger partial charge in [-0.1, -0.05) is 6.92 Å². The van der Waals surface area contributed by atoms with Gasteiger partial charge in [0.05, 0.1) is 13.2 Å². The molecule has 0 aromatic rings. The second-order valence-electron chi connectivity index (χ2n) is 5.45. The van der Waals surface area contributed by atoms with E-state index in [1.165, 1.54) is 13.1 Å². The Bertz CT molecular complexity index is 216. The first-order chi connectivity index (χ1) is 7.66. The first-order valence-corrected chi connectivity index (χ1v) is 6.36. The third-order valence-corrected chi connectivity index (χ3v) is 3.79. The van der Waals surface area contributed by atoms with Crippen LogP contribution in [0.1, 0.15) is 6.92 Å². The van der Waals surface area contributed by atoms with Crippen LogP contribution in [0.15, 0.2) is 0 Å². The second-order valence-corrected chi connectivity index (χ2v) is 5.45. The van der Waals surface area contributed by atoms with Crippen LogP contribution in [-0.2, 0) is 4.74 Å². The van der Waals surface area contributed by atoms with Crippen molar-refractivity contribution in [3.63, 3.8) is 0 Å². The average molecular weight is 227 g/mol. The quantitative estimate of drug-likeness (QED) is 0.726. The van der Waals surface area contributed by atoms with Gasteiger partial charge in [-0.15, -0.1) is 0 Å². The first kappa shape index (κ1) is 12.3. The summed E-state index contributed by atoms with van der Waals surface area (Å²) >= 11 is 0. The number of nitrogens with zero attached hydrogens (tertiary/aromatic N) is 2. The Morgan fingerprint density at radius 2 is 2.19 bits per heavy atom. The Labute approximate surface area is 98.9 Å². The number of morpholine rings is 1. The fourth-order valence-electron chi connectivity index (χ4n) is 2.92. The van der Waals surface area contributed by atoms with Gasteiger partial charge in [0.25, 0.3) is 0 Å². The maximum atomic E-state index is 5.49. The Morgan fingerprint density at radius 3 is 2.75 bits per heavy atom. The zero-order chi connectivity index (χ0) is 11.5. The molecule has 16 heavy (non-hydrogen) atoms. The van der Waals surface area contributed by atoms with E-state index in [0.717, 1.165) is 32.2 Å². The minimum Gasteiger partial charge on any atom is -0.378 e. The smallest absolute Gasteiger partial charge is 0.0632 e. The molecule has 94 valence electrons. The van der Waals surface area contributed by atoms with Crippen molar-refractivity contribution in [3.8, 4) is 0 Å². The highest BCUT2D eigenvalue weighted by Gasteiger charge is 2.32. The summed E-state index contributed by atoms with van der Waals surface area (Å²) in [7, 11) is 4.37. The van der Waals surface area contributed by atoms with E-state index >= 15 is 0 Å². The Balaban J connectivity index is 1.78. The predicted octanol–water partition coefficient (Wildman–Crippen LogP) is -0.143. The van der Waals surface area contributed by atoms with E-state index in [2.05, 4.69) is 36.1 Å². The Morgan fingerprint density at radius 1 is 1.38 bits per heavy atom. The lowest BCUT2D eigenvalue weighted by Crippen LogP contribution is -2.48. The molecule has 0 saturated carbocycles. The molecular formula is C12H25N3O. The highest BCUT2D eigenvalue weighted by molar-refractivity contribution is 4.88. The summed E-state index contributed by atoms with van der Waals surface area (Å²) in [6.45, 7) is 8.66. The minimum atomic E-state index is 0.530. The molecule has 0 aromatic carbocycles. The lowest BCUT2D eigenvalue weighted by atomic mass is 10.1. The lowest BCUT2D eigenvalue weighted by molar-refractivity contribution is 0.0642. The van der Waals surface area contributed by atoms with Gasteiger partial charge in [0.15, 0.2) is 0 Å². The van der Waals surface area contributed by atoms with Gasteiger partial charge in [0.1, 0.15) is 0 Å². The Hall–Kier alpha value is -0.160. The van der Waals surface area contributed by atoms with Gasteiger partial charge < -0.3 is 15.0 Å². The third-order valence-electron chi connectivity index (χ3n) is 3.79. The van der Waals surface area contributed by atoms with Crippen molar-refractivity contribution in [2.75, 3.05) is 53.5 Å². The summed E-state index contributed by atoms with van der Waals surface area (Å²) in [5.41, 5.74) is 0. The summed E-state index contributed by atoms with van der Waals surface area (Å²) in [5.74, 6) is 0.777. The van der Waals surface area contributed by atoms with Gasteiger partial charge in [-0.25, -0.2) is 0 Å². The van der Waals surface area contributed by atoms with Crippen LogP contribution in [0, 0.1) is 5.92 Å². The summed E-state index contributed by atoms with van der Waals surface area (Å²) in [6.07, 6.45) is 0. The summed E-state index contributed by atoms with van der Waals surface area (Å²) in [6, 6.07) is 1.24. The molecule has 0 bridgehead atoms. The van der Waals surface area contributed by atoms with Crippen molar-refractivity contribution < 1.29 is 4.74 Å². The van der Waals surface area contributed by atoms with E-state index in [1.807, 2.05) is 0 Å². The largest absolute Gasteiger partial charge is 0.378 e. The number of likely N-dealkylation sites (N-methyl/N-ethyl adjacent to an activating group) is 1. The van der Waals surface area contributed by atoms with Crippen LogP contribution in [0.2, 0.25) is 0 Å². The lowest BCUT2D eigenvalue weighted by Gasteiger charge is -2.28. The van der Waals surface area contributed by atoms with Crippen LogP contribution in [0.5, 0.6) is 0 Å². The van der Waals surface area contributed by atoms with E-state index in [9.17, 15) is 0 Å². The summed E-state index contributed by atoms with van der Waals surface area (Å²) in [4.78, 5) is 4.93. The standard InChI is InChI=1S/C12H25N3O/c1-10-6-15(8-12(10)14(2)3)7-11-9-16-5-4-13-11/h10-13H,4-9H2,1-3H3. The minimum absolute atomic E-state index is 0.530. The molecule has 0 aliphatic carbocycles. The fraction of sp³-hybridized carbons (Fsp3) is 1.00. The molecule has 2 heterocycles. The average Bonchev–Trinajstić information content (AvgIpc) is 2.61. The van der Waals surface area contributed by atoms with Crippen molar-refractivity contribution in [1.29, 1.82) is 0 Å². The molecule has 2 rings (SSSR count). The highest BCUT2D eigenvalue weighted by atomic mass is 16.5. The molecule has 2 aliphatic rings. The van der Waals surface area contributed by atoms with Crippen LogP contribution < -0.4 is 5.32 Å². The van der Waals surface area contributed by atoms with Gasteiger partial charge in [-0.3, -0.25) is 4.90 Å². The maximum absolute atomic E-state index is 5.49. The zero-order valence-electron chi connectivity index (χ0n) is 10.8. The van der Waals surface area contributed by atoms with Crippen LogP contribution >= 0.6 is 0 Å². The number of hydrogen-bond donors (Lipinski definition) is 1. The highest BCUT2D eigenvalue weighted by Crippen LogP contribution is 2.20. The van der Waals surface area contributed by atoms with Gasteiger partial charge in [-0.2, -0.15) is 0 Å². The molecule has 2 fully saturated rings. The van der Waals surface area contributed by atoms with Crippen molar-refractivity contribution in [2.24, 2.45) is 5.92 Å². The Kier molecular flexibility index (Phi) is 4.19. The second kappa shape index (κ2) is 5.45. The first-order valence-electron chi connectivity index (χ1n) is 6.36. The van der Waals surface area contributed by atoms with Crippen molar-refractivity contribution in [3.05, 3.63) is 0 Å². The van der Waals surface area contributed by atoms with Crippen LogP contribution in [0.25, 0.3) is 0 Å². The van der Waals surface area contributed by atoms with E-state index in [4.69, 9.17) is 4.74 Å². The molecule has 3 unspecified atom stereocenters. The molecule has 0 amide bonds. The third kappa shape index (κ3) is 2.94. The molecular weight excluding hydrogens is 202 g/mol. The normalized spacial score (nSPS) is 37.1. The van der Waals surface area contributed by atoms with Crippen LogP contribution in [0.3, 0.4) is 0 Å². The maximum Gasteiger partial charge on any atom is 0.0632 e. The molecule has 2 aliphatic heterocycles. The van der Waals surface area contributed by atoms with E-state index in [0.29, 0.717) is 12.1 Å². The van der Waals surface area contributed by atoms with Crippen molar-refractivity contribution >= 4 is 0 Å². The molecule has 0 spiro atoms. The topological polar surface area (TPSA) is 27.7 Å².